The van der Waals surface area contributed by atoms with Crippen LogP contribution >= 0.6 is 0 Å². The summed E-state index contributed by atoms with van der Waals surface area (Å²) in [5.41, 5.74) is 7.39. The summed E-state index contributed by atoms with van der Waals surface area (Å²) in [5.74, 6) is -0.159. The van der Waals surface area contributed by atoms with E-state index >= 15 is 0 Å². The lowest BCUT2D eigenvalue weighted by atomic mass is 10.0. The molecule has 0 radical (unpaired) electrons. The van der Waals surface area contributed by atoms with Gasteiger partial charge in [-0.25, -0.2) is 4.39 Å². The lowest BCUT2D eigenvalue weighted by Crippen LogP contribution is -2.35. The van der Waals surface area contributed by atoms with Gasteiger partial charge in [-0.2, -0.15) is 0 Å². The number of halogens is 1. The standard InChI is InChI=1S/C13H21FN2/c1-9(2)16(4)13(8-15)11-6-5-10(3)12(14)7-11/h5-7,9,13H,8,15H2,1-4H3. The summed E-state index contributed by atoms with van der Waals surface area (Å²) in [6, 6.07) is 5.82. The molecule has 0 aliphatic rings. The highest BCUT2D eigenvalue weighted by molar-refractivity contribution is 5.26. The summed E-state index contributed by atoms with van der Waals surface area (Å²) in [6.45, 7) is 6.47. The van der Waals surface area contributed by atoms with E-state index in [1.165, 1.54) is 0 Å². The van der Waals surface area contributed by atoms with E-state index < -0.39 is 0 Å². The number of benzene rings is 1. The van der Waals surface area contributed by atoms with Crippen molar-refractivity contribution in [2.45, 2.75) is 32.9 Å². The Morgan fingerprint density at radius 2 is 2.00 bits per heavy atom. The smallest absolute Gasteiger partial charge is 0.126 e. The van der Waals surface area contributed by atoms with Gasteiger partial charge in [0.1, 0.15) is 5.82 Å². The van der Waals surface area contributed by atoms with Crippen molar-refractivity contribution in [3.05, 3.63) is 35.1 Å². The SMILES string of the molecule is Cc1ccc(C(CN)N(C)C(C)C)cc1F. The van der Waals surface area contributed by atoms with Crippen LogP contribution in [-0.2, 0) is 0 Å². The monoisotopic (exact) mass is 224 g/mol. The molecule has 0 spiro atoms. The summed E-state index contributed by atoms with van der Waals surface area (Å²) in [6.07, 6.45) is 0. The van der Waals surface area contributed by atoms with Crippen LogP contribution in [-0.4, -0.2) is 24.5 Å². The number of likely N-dealkylation sites (N-methyl/N-ethyl adjacent to an activating group) is 1. The maximum absolute atomic E-state index is 13.5. The molecule has 0 saturated carbocycles. The molecule has 0 amide bonds. The number of hydrogen-bond donors (Lipinski definition) is 1. The third-order valence-corrected chi connectivity index (χ3v) is 3.11. The number of nitrogens with two attached hydrogens (primary N) is 1. The van der Waals surface area contributed by atoms with E-state index in [2.05, 4.69) is 18.7 Å². The van der Waals surface area contributed by atoms with Gasteiger partial charge in [0.25, 0.3) is 0 Å². The maximum Gasteiger partial charge on any atom is 0.126 e. The minimum Gasteiger partial charge on any atom is -0.329 e. The van der Waals surface area contributed by atoms with E-state index in [-0.39, 0.29) is 11.9 Å². The predicted octanol–water partition coefficient (Wildman–Crippen LogP) is 2.47. The number of nitrogens with zero attached hydrogens (tertiary/aromatic N) is 1. The summed E-state index contributed by atoms with van der Waals surface area (Å²) in [5, 5.41) is 0. The van der Waals surface area contributed by atoms with Gasteiger partial charge in [-0.3, -0.25) is 4.90 Å². The van der Waals surface area contributed by atoms with Gasteiger partial charge in [0, 0.05) is 18.6 Å². The largest absolute Gasteiger partial charge is 0.329 e. The van der Waals surface area contributed by atoms with E-state index in [0.29, 0.717) is 18.2 Å². The topological polar surface area (TPSA) is 29.3 Å². The lowest BCUT2D eigenvalue weighted by Gasteiger charge is -2.30. The van der Waals surface area contributed by atoms with Gasteiger partial charge >= 0.3 is 0 Å². The normalized spacial score (nSPS) is 13.5. The second-order valence-corrected chi connectivity index (χ2v) is 4.52. The molecule has 1 atom stereocenters. The molecule has 1 rings (SSSR count). The molecule has 1 aromatic rings. The fourth-order valence-electron chi connectivity index (χ4n) is 1.71. The molecule has 0 aliphatic heterocycles. The first-order valence-corrected chi connectivity index (χ1v) is 5.65. The Labute approximate surface area is 97.3 Å². The van der Waals surface area contributed by atoms with Crippen LogP contribution < -0.4 is 5.73 Å². The van der Waals surface area contributed by atoms with Gasteiger partial charge in [-0.05, 0) is 45.0 Å². The Kier molecular flexibility index (Phi) is 4.44. The van der Waals surface area contributed by atoms with Crippen LogP contribution in [0, 0.1) is 12.7 Å². The molecule has 0 bridgehead atoms. The van der Waals surface area contributed by atoms with Gasteiger partial charge in [0.15, 0.2) is 0 Å². The quantitative estimate of drug-likeness (QED) is 0.851. The molecule has 0 aliphatic carbocycles. The molecular weight excluding hydrogens is 203 g/mol. The van der Waals surface area contributed by atoms with Crippen LogP contribution in [0.3, 0.4) is 0 Å². The highest BCUT2D eigenvalue weighted by Crippen LogP contribution is 2.22. The Morgan fingerprint density at radius 1 is 1.38 bits per heavy atom. The molecule has 3 heteroatoms. The Balaban J connectivity index is 2.99. The minimum absolute atomic E-state index is 0.0788. The predicted molar refractivity (Wildman–Crippen MR) is 65.8 cm³/mol. The van der Waals surface area contributed by atoms with Crippen molar-refractivity contribution in [3.8, 4) is 0 Å². The molecule has 0 aromatic heterocycles. The molecule has 1 aromatic carbocycles. The molecule has 0 saturated heterocycles. The second kappa shape index (κ2) is 5.41. The number of rotatable bonds is 4. The van der Waals surface area contributed by atoms with Crippen molar-refractivity contribution < 1.29 is 4.39 Å². The zero-order valence-electron chi connectivity index (χ0n) is 10.5. The van der Waals surface area contributed by atoms with E-state index in [4.69, 9.17) is 5.73 Å². The Morgan fingerprint density at radius 3 is 2.44 bits per heavy atom. The van der Waals surface area contributed by atoms with Crippen molar-refractivity contribution in [2.75, 3.05) is 13.6 Å². The molecule has 0 heterocycles. The van der Waals surface area contributed by atoms with Crippen LogP contribution in [0.1, 0.15) is 31.0 Å². The molecule has 2 N–H and O–H groups in total. The van der Waals surface area contributed by atoms with Crippen LogP contribution in [0.2, 0.25) is 0 Å². The zero-order valence-corrected chi connectivity index (χ0v) is 10.5. The molecular formula is C13H21FN2. The first kappa shape index (κ1) is 13.1. The summed E-state index contributed by atoms with van der Waals surface area (Å²) >= 11 is 0. The molecule has 2 nitrogen and oxygen atoms in total. The summed E-state index contributed by atoms with van der Waals surface area (Å²) in [7, 11) is 2.01. The van der Waals surface area contributed by atoms with Crippen molar-refractivity contribution in [3.63, 3.8) is 0 Å². The first-order valence-electron chi connectivity index (χ1n) is 5.65. The highest BCUT2D eigenvalue weighted by Gasteiger charge is 2.18. The van der Waals surface area contributed by atoms with Gasteiger partial charge in [0.2, 0.25) is 0 Å². The van der Waals surface area contributed by atoms with E-state index in [0.717, 1.165) is 5.56 Å². The molecule has 0 fully saturated rings. The average molecular weight is 224 g/mol. The van der Waals surface area contributed by atoms with E-state index in [1.807, 2.05) is 19.2 Å². The average Bonchev–Trinajstić information content (AvgIpc) is 2.24. The fourth-order valence-corrected chi connectivity index (χ4v) is 1.71. The second-order valence-electron chi connectivity index (χ2n) is 4.52. The number of aryl methyl sites for hydroxylation is 1. The van der Waals surface area contributed by atoms with Gasteiger partial charge in [-0.1, -0.05) is 12.1 Å². The van der Waals surface area contributed by atoms with Gasteiger partial charge < -0.3 is 5.73 Å². The lowest BCUT2D eigenvalue weighted by molar-refractivity contribution is 0.201. The summed E-state index contributed by atoms with van der Waals surface area (Å²) < 4.78 is 13.5. The zero-order chi connectivity index (χ0) is 12.3. The summed E-state index contributed by atoms with van der Waals surface area (Å²) in [4.78, 5) is 2.16. The van der Waals surface area contributed by atoms with Crippen LogP contribution in [0.15, 0.2) is 18.2 Å². The van der Waals surface area contributed by atoms with Crippen molar-refractivity contribution >= 4 is 0 Å². The molecule has 16 heavy (non-hydrogen) atoms. The first-order chi connectivity index (χ1) is 7.47. The van der Waals surface area contributed by atoms with Gasteiger partial charge in [0.05, 0.1) is 0 Å². The third-order valence-electron chi connectivity index (χ3n) is 3.11. The van der Waals surface area contributed by atoms with Crippen LogP contribution in [0.5, 0.6) is 0 Å². The minimum atomic E-state index is -0.159. The maximum atomic E-state index is 13.5. The third kappa shape index (κ3) is 2.80. The van der Waals surface area contributed by atoms with Crippen molar-refractivity contribution in [1.29, 1.82) is 0 Å². The fraction of sp³-hybridized carbons (Fsp3) is 0.538. The van der Waals surface area contributed by atoms with Gasteiger partial charge in [-0.15, -0.1) is 0 Å². The van der Waals surface area contributed by atoms with E-state index in [1.54, 1.807) is 13.0 Å². The Bertz CT molecular complexity index is 350. The van der Waals surface area contributed by atoms with Crippen molar-refractivity contribution in [2.24, 2.45) is 5.73 Å². The van der Waals surface area contributed by atoms with Crippen LogP contribution in [0.25, 0.3) is 0 Å². The highest BCUT2D eigenvalue weighted by atomic mass is 19.1. The molecule has 1 unspecified atom stereocenters. The van der Waals surface area contributed by atoms with Crippen LogP contribution in [0.4, 0.5) is 4.39 Å². The van der Waals surface area contributed by atoms with Crippen molar-refractivity contribution in [1.82, 2.24) is 4.90 Å². The van der Waals surface area contributed by atoms with E-state index in [9.17, 15) is 4.39 Å². The molecule has 90 valence electrons. The Hall–Kier alpha value is -0.930. The number of hydrogen-bond acceptors (Lipinski definition) is 2.